The Morgan fingerprint density at radius 3 is 2.54 bits per heavy atom. The van der Waals surface area contributed by atoms with Crippen LogP contribution in [-0.2, 0) is 21.1 Å². The van der Waals surface area contributed by atoms with Gasteiger partial charge < -0.3 is 5.32 Å². The summed E-state index contributed by atoms with van der Waals surface area (Å²) >= 11 is 1.60. The van der Waals surface area contributed by atoms with Gasteiger partial charge in [-0.3, -0.25) is 9.48 Å². The molecule has 148 valence electrons. The monoisotopic (exact) mass is 417 g/mol. The van der Waals surface area contributed by atoms with Crippen LogP contribution in [-0.4, -0.2) is 35.9 Å². The first-order chi connectivity index (χ1) is 13.4. The van der Waals surface area contributed by atoms with Gasteiger partial charge in [-0.05, 0) is 60.0 Å². The van der Waals surface area contributed by atoms with Crippen LogP contribution < -0.4 is 5.32 Å². The van der Waals surface area contributed by atoms with Crippen molar-refractivity contribution in [2.45, 2.75) is 36.5 Å². The summed E-state index contributed by atoms with van der Waals surface area (Å²) in [4.78, 5) is 12.7. The Morgan fingerprint density at radius 1 is 1.21 bits per heavy atom. The number of carbonyl (C=O) groups is 1. The maximum atomic E-state index is 12.4. The molecule has 0 saturated carbocycles. The minimum atomic E-state index is -3.30. The van der Waals surface area contributed by atoms with Gasteiger partial charge in [0.05, 0.1) is 22.6 Å². The molecule has 0 saturated heterocycles. The molecule has 0 unspecified atom stereocenters. The second-order valence-corrected chi connectivity index (χ2v) is 10.1. The van der Waals surface area contributed by atoms with Crippen molar-refractivity contribution in [3.63, 3.8) is 0 Å². The van der Waals surface area contributed by atoms with E-state index in [1.54, 1.807) is 55.6 Å². The molecule has 0 spiro atoms. The number of rotatable bonds is 8. The molecule has 8 heteroatoms. The fourth-order valence-corrected chi connectivity index (χ4v) is 4.59. The van der Waals surface area contributed by atoms with E-state index in [0.717, 1.165) is 11.1 Å². The van der Waals surface area contributed by atoms with Gasteiger partial charge in [-0.2, -0.15) is 16.4 Å². The summed E-state index contributed by atoms with van der Waals surface area (Å²) in [6.07, 6.45) is 3.79. The van der Waals surface area contributed by atoms with Gasteiger partial charge in [0.15, 0.2) is 9.84 Å². The maximum absolute atomic E-state index is 12.4. The number of sulfone groups is 1. The van der Waals surface area contributed by atoms with E-state index in [2.05, 4.69) is 10.4 Å². The van der Waals surface area contributed by atoms with Crippen molar-refractivity contribution in [1.29, 1.82) is 0 Å². The van der Waals surface area contributed by atoms with Gasteiger partial charge in [0, 0.05) is 18.9 Å². The van der Waals surface area contributed by atoms with Crippen LogP contribution >= 0.6 is 11.3 Å². The fraction of sp³-hybridized carbons (Fsp3) is 0.300. The highest BCUT2D eigenvalue weighted by atomic mass is 32.2. The molecule has 1 amide bonds. The fourth-order valence-electron chi connectivity index (χ4n) is 2.82. The van der Waals surface area contributed by atoms with Crippen molar-refractivity contribution in [1.82, 2.24) is 15.1 Å². The number of thiophene rings is 1. The number of nitrogens with one attached hydrogen (secondary N) is 1. The molecule has 0 bridgehead atoms. The molecule has 2 heterocycles. The average Bonchev–Trinajstić information content (AvgIpc) is 3.37. The van der Waals surface area contributed by atoms with Crippen LogP contribution in [0, 0.1) is 0 Å². The lowest BCUT2D eigenvalue weighted by Gasteiger charge is -2.17. The Kier molecular flexibility index (Phi) is 6.31. The minimum absolute atomic E-state index is 0.0660. The second kappa shape index (κ2) is 8.70. The molecule has 0 radical (unpaired) electrons. The van der Waals surface area contributed by atoms with Gasteiger partial charge in [0.2, 0.25) is 5.91 Å². The normalized spacial score (nSPS) is 12.8. The zero-order valence-electron chi connectivity index (χ0n) is 15.8. The molecule has 28 heavy (non-hydrogen) atoms. The number of hydrogen-bond acceptors (Lipinski definition) is 5. The lowest BCUT2D eigenvalue weighted by atomic mass is 10.1. The summed E-state index contributed by atoms with van der Waals surface area (Å²) in [6, 6.07) is 10.3. The van der Waals surface area contributed by atoms with E-state index in [-0.39, 0.29) is 23.3 Å². The third-order valence-corrected chi connectivity index (χ3v) is 7.37. The third kappa shape index (κ3) is 4.69. The zero-order chi connectivity index (χ0) is 20.1. The Labute approximate surface area is 169 Å². The summed E-state index contributed by atoms with van der Waals surface area (Å²) < 4.78 is 26.2. The quantitative estimate of drug-likeness (QED) is 0.611. The van der Waals surface area contributed by atoms with Crippen molar-refractivity contribution in [2.24, 2.45) is 0 Å². The minimum Gasteiger partial charge on any atom is -0.353 e. The highest BCUT2D eigenvalue weighted by Gasteiger charge is 2.19. The van der Waals surface area contributed by atoms with Crippen LogP contribution in [0.4, 0.5) is 0 Å². The second-order valence-electron chi connectivity index (χ2n) is 6.78. The van der Waals surface area contributed by atoms with Crippen molar-refractivity contribution in [3.8, 4) is 0 Å². The van der Waals surface area contributed by atoms with Crippen LogP contribution in [0.1, 0.15) is 31.0 Å². The summed E-state index contributed by atoms with van der Waals surface area (Å²) in [6.45, 7) is 3.73. The predicted molar refractivity (Wildman–Crippen MR) is 110 cm³/mol. The first kappa shape index (κ1) is 20.3. The van der Waals surface area contributed by atoms with Crippen molar-refractivity contribution >= 4 is 27.1 Å². The molecule has 1 atom stereocenters. The van der Waals surface area contributed by atoms with E-state index in [0.29, 0.717) is 6.54 Å². The number of hydrogen-bond donors (Lipinski definition) is 1. The number of aromatic nitrogens is 2. The lowest BCUT2D eigenvalue weighted by molar-refractivity contribution is -0.120. The van der Waals surface area contributed by atoms with Crippen molar-refractivity contribution in [2.75, 3.05) is 6.54 Å². The van der Waals surface area contributed by atoms with Crippen LogP contribution in [0.25, 0.3) is 0 Å². The number of benzene rings is 1. The Bertz CT molecular complexity index is 959. The van der Waals surface area contributed by atoms with Gasteiger partial charge in [-0.25, -0.2) is 8.42 Å². The predicted octanol–water partition coefficient (Wildman–Crippen LogP) is 3.08. The first-order valence-electron chi connectivity index (χ1n) is 8.98. The number of nitrogens with zero attached hydrogens (tertiary/aromatic N) is 2. The SMILES string of the molecule is CC(C)S(=O)(=O)c1ccc(CC(=O)NC[C@@H](c2ccsc2)n2cccn2)cc1. The van der Waals surface area contributed by atoms with E-state index >= 15 is 0 Å². The average molecular weight is 418 g/mol. The molecule has 6 nitrogen and oxygen atoms in total. The number of carbonyl (C=O) groups excluding carboxylic acids is 1. The standard InChI is InChI=1S/C20H23N3O3S2/c1-15(2)28(25,26)18-6-4-16(5-7-18)12-20(24)21-13-19(17-8-11-27-14-17)23-10-3-9-22-23/h3-11,14-15,19H,12-13H2,1-2H3,(H,21,24)/t19-/m0/s1. The van der Waals surface area contributed by atoms with Gasteiger partial charge in [0.1, 0.15) is 0 Å². The molecule has 2 aromatic heterocycles. The molecular formula is C20H23N3O3S2. The Hall–Kier alpha value is -2.45. The van der Waals surface area contributed by atoms with Crippen molar-refractivity contribution in [3.05, 3.63) is 70.7 Å². The van der Waals surface area contributed by atoms with Crippen LogP contribution in [0.2, 0.25) is 0 Å². The molecule has 0 aliphatic carbocycles. The third-order valence-electron chi connectivity index (χ3n) is 4.50. The van der Waals surface area contributed by atoms with E-state index in [1.807, 2.05) is 33.8 Å². The van der Waals surface area contributed by atoms with Crippen LogP contribution in [0.3, 0.4) is 0 Å². The smallest absolute Gasteiger partial charge is 0.224 e. The van der Waals surface area contributed by atoms with Gasteiger partial charge in [-0.15, -0.1) is 0 Å². The largest absolute Gasteiger partial charge is 0.353 e. The van der Waals surface area contributed by atoms with Crippen LogP contribution in [0.15, 0.2) is 64.4 Å². The Balaban J connectivity index is 1.62. The van der Waals surface area contributed by atoms with Gasteiger partial charge in [0.25, 0.3) is 0 Å². The van der Waals surface area contributed by atoms with Crippen molar-refractivity contribution < 1.29 is 13.2 Å². The molecule has 3 aromatic rings. The molecule has 3 rings (SSSR count). The van der Waals surface area contributed by atoms with Gasteiger partial charge in [-0.1, -0.05) is 12.1 Å². The summed E-state index contributed by atoms with van der Waals surface area (Å²) in [5.41, 5.74) is 1.86. The van der Waals surface area contributed by atoms with E-state index in [4.69, 9.17) is 0 Å². The molecular weight excluding hydrogens is 394 g/mol. The Morgan fingerprint density at radius 2 is 1.96 bits per heavy atom. The highest BCUT2D eigenvalue weighted by Crippen LogP contribution is 2.20. The molecule has 1 aromatic carbocycles. The number of amides is 1. The molecule has 0 aliphatic rings. The van der Waals surface area contributed by atoms with E-state index in [1.165, 1.54) is 0 Å². The molecule has 0 fully saturated rings. The highest BCUT2D eigenvalue weighted by molar-refractivity contribution is 7.92. The van der Waals surface area contributed by atoms with Crippen LogP contribution in [0.5, 0.6) is 0 Å². The first-order valence-corrected chi connectivity index (χ1v) is 11.5. The van der Waals surface area contributed by atoms with E-state index < -0.39 is 15.1 Å². The van der Waals surface area contributed by atoms with Gasteiger partial charge >= 0.3 is 0 Å². The molecule has 0 aliphatic heterocycles. The van der Waals surface area contributed by atoms with E-state index in [9.17, 15) is 13.2 Å². The summed E-state index contributed by atoms with van der Waals surface area (Å²) in [7, 11) is -3.30. The zero-order valence-corrected chi connectivity index (χ0v) is 17.4. The molecule has 1 N–H and O–H groups in total. The lowest BCUT2D eigenvalue weighted by Crippen LogP contribution is -2.32. The summed E-state index contributed by atoms with van der Waals surface area (Å²) in [5, 5.41) is 10.8. The summed E-state index contributed by atoms with van der Waals surface area (Å²) in [5.74, 6) is -0.119. The topological polar surface area (TPSA) is 81.1 Å². The maximum Gasteiger partial charge on any atom is 0.224 e.